The Morgan fingerprint density at radius 3 is 2.38 bits per heavy atom. The van der Waals surface area contributed by atoms with Crippen molar-refractivity contribution in [2.24, 2.45) is 0 Å². The van der Waals surface area contributed by atoms with Gasteiger partial charge in [-0.2, -0.15) is 0 Å². The normalized spacial score (nSPS) is 14.5. The molecule has 3 aromatic rings. The van der Waals surface area contributed by atoms with E-state index in [0.717, 1.165) is 47.7 Å². The number of anilines is 1. The summed E-state index contributed by atoms with van der Waals surface area (Å²) in [6.45, 7) is 5.16. The van der Waals surface area contributed by atoms with E-state index in [0.29, 0.717) is 10.8 Å². The molecule has 2 aromatic carbocycles. The van der Waals surface area contributed by atoms with Crippen LogP contribution in [0.25, 0.3) is 22.0 Å². The lowest BCUT2D eigenvalue weighted by Gasteiger charge is -2.40. The van der Waals surface area contributed by atoms with Gasteiger partial charge >= 0.3 is 0 Å². The van der Waals surface area contributed by atoms with Crippen molar-refractivity contribution in [2.75, 3.05) is 5.32 Å². The van der Waals surface area contributed by atoms with Crippen LogP contribution >= 0.6 is 11.6 Å². The summed E-state index contributed by atoms with van der Waals surface area (Å²) >= 11 is 6.08. The molecule has 0 saturated heterocycles. The van der Waals surface area contributed by atoms with Crippen molar-refractivity contribution in [3.8, 4) is 11.1 Å². The van der Waals surface area contributed by atoms with Gasteiger partial charge in [-0.15, -0.1) is 0 Å². The lowest BCUT2D eigenvalue weighted by Crippen LogP contribution is -2.58. The second-order valence-electron chi connectivity index (χ2n) is 8.92. The second-order valence-corrected chi connectivity index (χ2v) is 9.36. The highest BCUT2D eigenvalue weighted by Gasteiger charge is 2.41. The Balaban J connectivity index is 1.70. The van der Waals surface area contributed by atoms with Crippen molar-refractivity contribution in [1.29, 1.82) is 0 Å². The van der Waals surface area contributed by atoms with Crippen LogP contribution in [0.2, 0.25) is 5.02 Å². The van der Waals surface area contributed by atoms with Crippen LogP contribution in [-0.4, -0.2) is 33.3 Å². The largest absolute Gasteiger partial charge is 0.326 e. The molecule has 1 aliphatic carbocycles. The van der Waals surface area contributed by atoms with Gasteiger partial charge in [0.2, 0.25) is 5.91 Å². The van der Waals surface area contributed by atoms with E-state index in [-0.39, 0.29) is 17.9 Å². The molecule has 6 heteroatoms. The second kappa shape index (κ2) is 8.91. The lowest BCUT2D eigenvalue weighted by molar-refractivity contribution is -0.145. The summed E-state index contributed by atoms with van der Waals surface area (Å²) in [6, 6.07) is 17.4. The number of nitrogens with zero attached hydrogens (tertiary/aromatic N) is 2. The van der Waals surface area contributed by atoms with Crippen molar-refractivity contribution >= 4 is 40.1 Å². The Labute approximate surface area is 193 Å². The number of carbonyl (C=O) groups is 2. The molecule has 1 aromatic heterocycles. The lowest BCUT2D eigenvalue weighted by atomic mass is 9.97. The van der Waals surface area contributed by atoms with Gasteiger partial charge in [0.1, 0.15) is 11.4 Å². The summed E-state index contributed by atoms with van der Waals surface area (Å²) in [5.41, 5.74) is 1.74. The third-order valence-corrected chi connectivity index (χ3v) is 6.55. The van der Waals surface area contributed by atoms with Gasteiger partial charge in [-0.3, -0.25) is 9.59 Å². The molecule has 166 valence electrons. The number of carbonyl (C=O) groups excluding carboxylic acids is 2. The number of rotatable bonds is 5. The highest BCUT2D eigenvalue weighted by Crippen LogP contribution is 2.33. The van der Waals surface area contributed by atoms with Crippen LogP contribution in [0, 0.1) is 0 Å². The van der Waals surface area contributed by atoms with Crippen LogP contribution in [0.5, 0.6) is 0 Å². The van der Waals surface area contributed by atoms with Crippen molar-refractivity contribution in [3.63, 3.8) is 0 Å². The number of halogens is 1. The summed E-state index contributed by atoms with van der Waals surface area (Å²) < 4.78 is 0. The zero-order valence-electron chi connectivity index (χ0n) is 18.7. The maximum absolute atomic E-state index is 13.4. The SMILES string of the molecule is CC(=O)N(C1CCCC1)C(C)(C)C(=O)Nc1cc(-c2ccc(Cl)cc2)c2ccccc2n1. The molecular weight excluding hydrogens is 422 g/mol. The highest BCUT2D eigenvalue weighted by molar-refractivity contribution is 6.30. The third kappa shape index (κ3) is 4.35. The van der Waals surface area contributed by atoms with E-state index in [9.17, 15) is 9.59 Å². The fourth-order valence-corrected chi connectivity index (χ4v) is 4.88. The van der Waals surface area contributed by atoms with E-state index >= 15 is 0 Å². The molecular formula is C26H28ClN3O2. The summed E-state index contributed by atoms with van der Waals surface area (Å²) in [5.74, 6) is 0.136. The first-order valence-electron chi connectivity index (χ1n) is 11.0. The van der Waals surface area contributed by atoms with Crippen molar-refractivity contribution in [2.45, 2.75) is 58.0 Å². The molecule has 0 aliphatic heterocycles. The van der Waals surface area contributed by atoms with Crippen molar-refractivity contribution in [3.05, 3.63) is 59.6 Å². The van der Waals surface area contributed by atoms with E-state index < -0.39 is 5.54 Å². The molecule has 1 aliphatic rings. The zero-order valence-corrected chi connectivity index (χ0v) is 19.4. The van der Waals surface area contributed by atoms with Gasteiger partial charge in [-0.25, -0.2) is 4.98 Å². The molecule has 0 bridgehead atoms. The molecule has 0 unspecified atom stereocenters. The molecule has 1 saturated carbocycles. The molecule has 1 fully saturated rings. The predicted octanol–water partition coefficient (Wildman–Crippen LogP) is 6.06. The molecule has 1 N–H and O–H groups in total. The number of pyridine rings is 1. The van der Waals surface area contributed by atoms with Gasteiger partial charge in [-0.05, 0) is 62.1 Å². The summed E-state index contributed by atoms with van der Waals surface area (Å²) in [7, 11) is 0. The number of benzene rings is 2. The number of nitrogens with one attached hydrogen (secondary N) is 1. The average molecular weight is 450 g/mol. The van der Waals surface area contributed by atoms with E-state index in [2.05, 4.69) is 10.3 Å². The number of amides is 2. The Hall–Kier alpha value is -2.92. The molecule has 0 spiro atoms. The minimum absolute atomic E-state index is 0.0784. The molecule has 0 radical (unpaired) electrons. The van der Waals surface area contributed by atoms with Gasteiger partial charge in [0.05, 0.1) is 5.52 Å². The van der Waals surface area contributed by atoms with Crippen LogP contribution in [0.15, 0.2) is 54.6 Å². The Morgan fingerprint density at radius 1 is 1.06 bits per heavy atom. The monoisotopic (exact) mass is 449 g/mol. The van der Waals surface area contributed by atoms with Gasteiger partial charge in [0, 0.05) is 23.4 Å². The zero-order chi connectivity index (χ0) is 22.9. The van der Waals surface area contributed by atoms with E-state index in [1.54, 1.807) is 11.8 Å². The number of hydrogen-bond donors (Lipinski definition) is 1. The van der Waals surface area contributed by atoms with Crippen LogP contribution in [0.1, 0.15) is 46.5 Å². The van der Waals surface area contributed by atoms with Crippen molar-refractivity contribution in [1.82, 2.24) is 9.88 Å². The Bertz CT molecular complexity index is 1150. The van der Waals surface area contributed by atoms with Gasteiger partial charge in [0.15, 0.2) is 0 Å². The molecule has 2 amide bonds. The van der Waals surface area contributed by atoms with Crippen LogP contribution < -0.4 is 5.32 Å². The fraction of sp³-hybridized carbons (Fsp3) is 0.346. The summed E-state index contributed by atoms with van der Waals surface area (Å²) in [5, 5.41) is 4.64. The topological polar surface area (TPSA) is 62.3 Å². The predicted molar refractivity (Wildman–Crippen MR) is 130 cm³/mol. The number of para-hydroxylation sites is 1. The molecule has 1 heterocycles. The number of fused-ring (bicyclic) bond motifs is 1. The van der Waals surface area contributed by atoms with E-state index in [4.69, 9.17) is 11.6 Å². The summed E-state index contributed by atoms with van der Waals surface area (Å²) in [4.78, 5) is 32.3. The number of aromatic nitrogens is 1. The molecule has 32 heavy (non-hydrogen) atoms. The quantitative estimate of drug-likeness (QED) is 0.514. The third-order valence-electron chi connectivity index (χ3n) is 6.30. The standard InChI is InChI=1S/C26H28ClN3O2/c1-17(31)30(20-8-4-5-9-20)26(2,3)25(32)29-24-16-22(18-12-14-19(27)15-13-18)21-10-6-7-11-23(21)28-24/h6-7,10-16,20H,4-5,8-9H2,1-3H3,(H,28,29,32). The molecule has 4 rings (SSSR count). The van der Waals surface area contributed by atoms with Crippen LogP contribution in [0.4, 0.5) is 5.82 Å². The number of hydrogen-bond acceptors (Lipinski definition) is 3. The van der Waals surface area contributed by atoms with Crippen LogP contribution in [0.3, 0.4) is 0 Å². The first-order valence-corrected chi connectivity index (χ1v) is 11.4. The Kier molecular flexibility index (Phi) is 6.20. The minimum atomic E-state index is -0.991. The Morgan fingerprint density at radius 2 is 1.72 bits per heavy atom. The highest BCUT2D eigenvalue weighted by atomic mass is 35.5. The average Bonchev–Trinajstić information content (AvgIpc) is 3.27. The first-order chi connectivity index (χ1) is 15.3. The van der Waals surface area contributed by atoms with Gasteiger partial charge in [-0.1, -0.05) is 54.8 Å². The van der Waals surface area contributed by atoms with Gasteiger partial charge in [0.25, 0.3) is 5.91 Å². The maximum Gasteiger partial charge on any atom is 0.250 e. The minimum Gasteiger partial charge on any atom is -0.326 e. The van der Waals surface area contributed by atoms with E-state index in [1.165, 1.54) is 0 Å². The maximum atomic E-state index is 13.4. The summed E-state index contributed by atoms with van der Waals surface area (Å²) in [6.07, 6.45) is 4.04. The molecule has 5 nitrogen and oxygen atoms in total. The van der Waals surface area contributed by atoms with Crippen molar-refractivity contribution < 1.29 is 9.59 Å². The van der Waals surface area contributed by atoms with Gasteiger partial charge < -0.3 is 10.2 Å². The van der Waals surface area contributed by atoms with E-state index in [1.807, 2.05) is 68.4 Å². The van der Waals surface area contributed by atoms with Crippen LogP contribution in [-0.2, 0) is 9.59 Å². The molecule has 0 atom stereocenters. The fourth-order valence-electron chi connectivity index (χ4n) is 4.76. The first kappa shape index (κ1) is 22.3. The smallest absolute Gasteiger partial charge is 0.250 e.